The lowest BCUT2D eigenvalue weighted by Crippen LogP contribution is -2.51. The van der Waals surface area contributed by atoms with Gasteiger partial charge in [-0.1, -0.05) is 6.07 Å². The van der Waals surface area contributed by atoms with Gasteiger partial charge >= 0.3 is 0 Å². The Hall–Kier alpha value is -2.45. The second kappa shape index (κ2) is 5.88. The third-order valence-corrected chi connectivity index (χ3v) is 5.19. The molecule has 2 aromatic rings. The first-order chi connectivity index (χ1) is 11.3. The number of hydrogen-bond donors (Lipinski definition) is 3. The fourth-order valence-electron chi connectivity index (χ4n) is 2.49. The number of halogens is 1. The quantitative estimate of drug-likeness (QED) is 0.775. The van der Waals surface area contributed by atoms with Gasteiger partial charge in [-0.2, -0.15) is 4.72 Å². The second-order valence-corrected chi connectivity index (χ2v) is 7.33. The summed E-state index contributed by atoms with van der Waals surface area (Å²) in [6.45, 7) is 3.48. The summed E-state index contributed by atoms with van der Waals surface area (Å²) < 4.78 is 40.0. The number of amides is 1. The van der Waals surface area contributed by atoms with Crippen LogP contribution in [0.5, 0.6) is 0 Å². The highest BCUT2D eigenvalue weighted by Crippen LogP contribution is 2.27. The minimum atomic E-state index is -3.80. The molecule has 0 aliphatic carbocycles. The van der Waals surface area contributed by atoms with Crippen LogP contribution in [-0.4, -0.2) is 20.5 Å². The SMILES string of the molecule is Cc1ccc2c(c1)NC(C(=O)Nc1ccc(F)cc1C)NS2(=O)=O. The van der Waals surface area contributed by atoms with Crippen molar-refractivity contribution in [2.45, 2.75) is 24.9 Å². The largest absolute Gasteiger partial charge is 0.360 e. The highest BCUT2D eigenvalue weighted by atomic mass is 32.2. The van der Waals surface area contributed by atoms with Gasteiger partial charge in [-0.3, -0.25) is 4.79 Å². The summed E-state index contributed by atoms with van der Waals surface area (Å²) in [6.07, 6.45) is -1.16. The molecule has 24 heavy (non-hydrogen) atoms. The average Bonchev–Trinajstić information content (AvgIpc) is 2.48. The Kier molecular flexibility index (Phi) is 4.02. The van der Waals surface area contributed by atoms with Crippen LogP contribution in [0.2, 0.25) is 0 Å². The van der Waals surface area contributed by atoms with Gasteiger partial charge in [0.2, 0.25) is 10.0 Å². The number of fused-ring (bicyclic) bond motifs is 1. The Morgan fingerprint density at radius 1 is 1.17 bits per heavy atom. The Labute approximate surface area is 139 Å². The highest BCUT2D eigenvalue weighted by molar-refractivity contribution is 7.89. The molecular weight excluding hydrogens is 333 g/mol. The Balaban J connectivity index is 1.87. The van der Waals surface area contributed by atoms with E-state index in [1.54, 1.807) is 19.1 Å². The van der Waals surface area contributed by atoms with Crippen LogP contribution in [0.4, 0.5) is 15.8 Å². The minimum absolute atomic E-state index is 0.0927. The molecule has 3 rings (SSSR count). The molecule has 0 bridgehead atoms. The molecule has 0 aromatic heterocycles. The average molecular weight is 349 g/mol. The van der Waals surface area contributed by atoms with Crippen LogP contribution < -0.4 is 15.4 Å². The van der Waals surface area contributed by atoms with E-state index in [1.807, 2.05) is 6.92 Å². The summed E-state index contributed by atoms with van der Waals surface area (Å²) in [4.78, 5) is 12.5. The van der Waals surface area contributed by atoms with E-state index in [0.717, 1.165) is 5.56 Å². The van der Waals surface area contributed by atoms with Crippen LogP contribution in [0.25, 0.3) is 0 Å². The summed E-state index contributed by atoms with van der Waals surface area (Å²) in [5.41, 5.74) is 2.19. The van der Waals surface area contributed by atoms with E-state index in [9.17, 15) is 17.6 Å². The minimum Gasteiger partial charge on any atom is -0.360 e. The lowest BCUT2D eigenvalue weighted by Gasteiger charge is -2.27. The van der Waals surface area contributed by atoms with Crippen molar-refractivity contribution in [3.8, 4) is 0 Å². The van der Waals surface area contributed by atoms with Crippen molar-refractivity contribution in [1.82, 2.24) is 4.72 Å². The standard InChI is InChI=1S/C16H16FN3O3S/c1-9-3-6-14-13(7-9)18-15(20-24(14,22)23)16(21)19-12-5-4-11(17)8-10(12)2/h3-8,15,18,20H,1-2H3,(H,19,21). The predicted octanol–water partition coefficient (Wildman–Crippen LogP) is 2.11. The van der Waals surface area contributed by atoms with Crippen molar-refractivity contribution in [1.29, 1.82) is 0 Å². The number of aryl methyl sites for hydroxylation is 2. The monoisotopic (exact) mass is 349 g/mol. The molecule has 0 saturated carbocycles. The second-order valence-electron chi connectivity index (χ2n) is 5.65. The number of hydrogen-bond acceptors (Lipinski definition) is 4. The third kappa shape index (κ3) is 3.10. The zero-order valence-corrected chi connectivity index (χ0v) is 13.9. The van der Waals surface area contributed by atoms with E-state index >= 15 is 0 Å². The van der Waals surface area contributed by atoms with Gasteiger partial charge < -0.3 is 10.6 Å². The van der Waals surface area contributed by atoms with Gasteiger partial charge in [-0.25, -0.2) is 12.8 Å². The van der Waals surface area contributed by atoms with Gasteiger partial charge in [0, 0.05) is 5.69 Å². The molecule has 6 nitrogen and oxygen atoms in total. The van der Waals surface area contributed by atoms with Crippen LogP contribution in [0, 0.1) is 19.7 Å². The zero-order valence-electron chi connectivity index (χ0n) is 13.1. The number of carbonyl (C=O) groups excluding carboxylic acids is 1. The van der Waals surface area contributed by atoms with Gasteiger partial charge in [0.15, 0.2) is 6.17 Å². The van der Waals surface area contributed by atoms with Crippen molar-refractivity contribution in [2.75, 3.05) is 10.6 Å². The lowest BCUT2D eigenvalue weighted by molar-refractivity contribution is -0.117. The molecule has 1 unspecified atom stereocenters. The third-order valence-electron chi connectivity index (χ3n) is 3.71. The normalized spacial score (nSPS) is 18.4. The Bertz CT molecular complexity index is 928. The lowest BCUT2D eigenvalue weighted by atomic mass is 10.2. The zero-order chi connectivity index (χ0) is 17.5. The molecule has 1 heterocycles. The van der Waals surface area contributed by atoms with E-state index < -0.39 is 27.9 Å². The fraction of sp³-hybridized carbons (Fsp3) is 0.188. The van der Waals surface area contributed by atoms with E-state index in [2.05, 4.69) is 15.4 Å². The van der Waals surface area contributed by atoms with E-state index in [0.29, 0.717) is 16.9 Å². The summed E-state index contributed by atoms with van der Waals surface area (Å²) in [5.74, 6) is -0.994. The molecule has 126 valence electrons. The van der Waals surface area contributed by atoms with Gasteiger partial charge in [0.25, 0.3) is 5.91 Å². The number of rotatable bonds is 2. The van der Waals surface area contributed by atoms with Crippen molar-refractivity contribution in [3.63, 3.8) is 0 Å². The molecule has 8 heteroatoms. The molecule has 0 spiro atoms. The summed E-state index contributed by atoms with van der Waals surface area (Å²) in [5, 5.41) is 5.46. The van der Waals surface area contributed by atoms with Gasteiger partial charge in [-0.15, -0.1) is 0 Å². The molecule has 0 saturated heterocycles. The number of benzene rings is 2. The number of nitrogens with one attached hydrogen (secondary N) is 3. The van der Waals surface area contributed by atoms with Crippen molar-refractivity contribution in [2.24, 2.45) is 0 Å². The van der Waals surface area contributed by atoms with E-state index in [1.165, 1.54) is 24.3 Å². The predicted molar refractivity (Wildman–Crippen MR) is 88.7 cm³/mol. The van der Waals surface area contributed by atoms with Crippen molar-refractivity contribution in [3.05, 3.63) is 53.3 Å². The van der Waals surface area contributed by atoms with Crippen molar-refractivity contribution >= 4 is 27.3 Å². The maximum atomic E-state index is 13.1. The summed E-state index contributed by atoms with van der Waals surface area (Å²) in [6, 6.07) is 8.77. The summed E-state index contributed by atoms with van der Waals surface area (Å²) >= 11 is 0. The molecule has 1 amide bonds. The summed E-state index contributed by atoms with van der Waals surface area (Å²) in [7, 11) is -3.80. The molecule has 1 aliphatic rings. The van der Waals surface area contributed by atoms with E-state index in [-0.39, 0.29) is 4.90 Å². The molecule has 3 N–H and O–H groups in total. The van der Waals surface area contributed by atoms with Gasteiger partial charge in [0.05, 0.1) is 5.69 Å². The van der Waals surface area contributed by atoms with Crippen LogP contribution in [-0.2, 0) is 14.8 Å². The molecule has 2 aromatic carbocycles. The maximum Gasteiger partial charge on any atom is 0.262 e. The molecular formula is C16H16FN3O3S. The first-order valence-corrected chi connectivity index (χ1v) is 8.71. The molecule has 0 radical (unpaired) electrons. The molecule has 1 aliphatic heterocycles. The number of sulfonamides is 1. The fourth-order valence-corrected chi connectivity index (χ4v) is 3.74. The maximum absolute atomic E-state index is 13.1. The van der Waals surface area contributed by atoms with Crippen LogP contribution >= 0.6 is 0 Å². The van der Waals surface area contributed by atoms with Gasteiger partial charge in [0.1, 0.15) is 10.7 Å². The smallest absolute Gasteiger partial charge is 0.262 e. The topological polar surface area (TPSA) is 87.3 Å². The first kappa shape index (κ1) is 16.4. The van der Waals surface area contributed by atoms with Crippen LogP contribution in [0.15, 0.2) is 41.3 Å². The first-order valence-electron chi connectivity index (χ1n) is 7.23. The Morgan fingerprint density at radius 3 is 2.62 bits per heavy atom. The van der Waals surface area contributed by atoms with Crippen molar-refractivity contribution < 1.29 is 17.6 Å². The number of anilines is 2. The van der Waals surface area contributed by atoms with Crippen LogP contribution in [0.3, 0.4) is 0 Å². The molecule has 1 atom stereocenters. The van der Waals surface area contributed by atoms with Crippen LogP contribution in [0.1, 0.15) is 11.1 Å². The highest BCUT2D eigenvalue weighted by Gasteiger charge is 2.33. The Morgan fingerprint density at radius 2 is 1.92 bits per heavy atom. The van der Waals surface area contributed by atoms with Gasteiger partial charge in [-0.05, 0) is 55.3 Å². The van der Waals surface area contributed by atoms with E-state index in [4.69, 9.17) is 0 Å². The molecule has 0 fully saturated rings. The number of carbonyl (C=O) groups is 1.